The minimum atomic E-state index is -4.80. The SMILES string of the molecule is CC/C=C\C/C=C\C/C=C\C/C=C\C/C=C\C/C=C\CCC(=O)OC[C@H](COP(=O)(O)O)OC(=O)CCC/C=C\C/C=C\CC1OC1C/C=C\CCCCC. The number of phosphoric acid groups is 1. The number of epoxide rings is 1. The van der Waals surface area contributed by atoms with Crippen LogP contribution in [-0.2, 0) is 32.9 Å². The predicted molar refractivity (Wildman–Crippen MR) is 224 cm³/mol. The van der Waals surface area contributed by atoms with E-state index in [9.17, 15) is 14.2 Å². The van der Waals surface area contributed by atoms with E-state index in [4.69, 9.17) is 24.0 Å². The number of ether oxygens (including phenoxy) is 3. The van der Waals surface area contributed by atoms with Crippen LogP contribution in [0.3, 0.4) is 0 Å². The molecular formula is C45H69O9P. The Morgan fingerprint density at radius 1 is 0.582 bits per heavy atom. The maximum absolute atomic E-state index is 12.4. The Labute approximate surface area is 331 Å². The van der Waals surface area contributed by atoms with Gasteiger partial charge in [-0.3, -0.25) is 14.1 Å². The van der Waals surface area contributed by atoms with Crippen LogP contribution in [0.5, 0.6) is 0 Å². The first-order valence-electron chi connectivity index (χ1n) is 20.3. The molecule has 0 spiro atoms. The number of carbonyl (C=O) groups is 2. The first-order valence-corrected chi connectivity index (χ1v) is 21.8. The molecule has 0 aromatic heterocycles. The summed E-state index contributed by atoms with van der Waals surface area (Å²) in [6.07, 6.45) is 52.8. The molecule has 2 unspecified atom stereocenters. The molecule has 0 saturated carbocycles. The Morgan fingerprint density at radius 2 is 1.05 bits per heavy atom. The van der Waals surface area contributed by atoms with Crippen LogP contribution in [0.25, 0.3) is 0 Å². The summed E-state index contributed by atoms with van der Waals surface area (Å²) in [4.78, 5) is 42.8. The van der Waals surface area contributed by atoms with E-state index >= 15 is 0 Å². The lowest BCUT2D eigenvalue weighted by molar-refractivity contribution is -0.161. The standard InChI is InChI=1S/C45H69O9P/c1-3-5-7-9-11-12-13-14-15-16-17-18-19-20-21-22-25-29-33-37-44(46)51-39-41(40-52-55(48,49)50)53-45(47)38-34-30-26-23-24-28-32-36-43-42(54-43)35-31-27-10-8-6-4-2/h5,7,11-12,14-15,17-18,20-21,23,25-29,31-32,41-43H,3-4,6,8-10,13,16,19,22,24,30,33-40H2,1-2H3,(H2,48,49,50)/b7-5-,12-11-,15-14-,18-17-,21-20-,26-23-,29-25-,31-27-,32-28-/t41-,42?,43?/m1/s1. The molecule has 1 aliphatic rings. The number of unbranched alkanes of at least 4 members (excludes halogenated alkanes) is 4. The van der Waals surface area contributed by atoms with Crippen molar-refractivity contribution in [3.05, 3.63) is 109 Å². The van der Waals surface area contributed by atoms with Crippen molar-refractivity contribution in [2.45, 2.75) is 148 Å². The molecule has 3 atom stereocenters. The fourth-order valence-electron chi connectivity index (χ4n) is 5.08. The Morgan fingerprint density at radius 3 is 1.60 bits per heavy atom. The van der Waals surface area contributed by atoms with Crippen molar-refractivity contribution < 1.29 is 42.7 Å². The van der Waals surface area contributed by atoms with Gasteiger partial charge in [-0.25, -0.2) is 4.57 Å². The zero-order valence-corrected chi connectivity index (χ0v) is 34.4. The van der Waals surface area contributed by atoms with Crippen LogP contribution in [0.1, 0.15) is 129 Å². The average molecular weight is 785 g/mol. The summed E-state index contributed by atoms with van der Waals surface area (Å²) in [6, 6.07) is 0. The maximum atomic E-state index is 12.4. The fourth-order valence-corrected chi connectivity index (χ4v) is 5.44. The van der Waals surface area contributed by atoms with Crippen LogP contribution in [-0.4, -0.2) is 53.3 Å². The summed E-state index contributed by atoms with van der Waals surface area (Å²) in [6.45, 7) is 3.40. The zero-order chi connectivity index (χ0) is 40.1. The molecule has 55 heavy (non-hydrogen) atoms. The third-order valence-electron chi connectivity index (χ3n) is 8.19. The van der Waals surface area contributed by atoms with Gasteiger partial charge in [0, 0.05) is 12.8 Å². The highest BCUT2D eigenvalue weighted by molar-refractivity contribution is 7.46. The Kier molecular flexibility index (Phi) is 31.7. The second-order valence-corrected chi connectivity index (χ2v) is 14.5. The molecule has 1 saturated heterocycles. The van der Waals surface area contributed by atoms with Crippen LogP contribution in [0.4, 0.5) is 0 Å². The molecule has 1 rings (SSSR count). The smallest absolute Gasteiger partial charge is 0.462 e. The van der Waals surface area contributed by atoms with Gasteiger partial charge < -0.3 is 24.0 Å². The summed E-state index contributed by atoms with van der Waals surface area (Å²) in [5.41, 5.74) is 0. The molecule has 0 radical (unpaired) electrons. The topological polar surface area (TPSA) is 132 Å². The molecule has 0 aromatic rings. The molecule has 0 aromatic carbocycles. The minimum absolute atomic E-state index is 0.108. The third kappa shape index (κ3) is 34.9. The number of carbonyl (C=O) groups excluding carboxylic acids is 2. The van der Waals surface area contributed by atoms with E-state index in [1.165, 1.54) is 19.3 Å². The molecule has 10 heteroatoms. The van der Waals surface area contributed by atoms with Gasteiger partial charge in [-0.05, 0) is 89.9 Å². The van der Waals surface area contributed by atoms with E-state index in [0.717, 1.165) is 64.2 Å². The van der Waals surface area contributed by atoms with E-state index in [1.54, 1.807) is 0 Å². The fraction of sp³-hybridized carbons (Fsp3) is 0.556. The first kappa shape index (κ1) is 49.7. The van der Waals surface area contributed by atoms with Crippen LogP contribution in [0.2, 0.25) is 0 Å². The van der Waals surface area contributed by atoms with Crippen molar-refractivity contribution in [1.82, 2.24) is 0 Å². The van der Waals surface area contributed by atoms with Gasteiger partial charge in [-0.2, -0.15) is 0 Å². The largest absolute Gasteiger partial charge is 0.469 e. The Bertz CT molecular complexity index is 1320. The lowest BCUT2D eigenvalue weighted by Crippen LogP contribution is -2.29. The van der Waals surface area contributed by atoms with Crippen molar-refractivity contribution in [3.63, 3.8) is 0 Å². The van der Waals surface area contributed by atoms with Gasteiger partial charge in [-0.15, -0.1) is 0 Å². The molecule has 0 bridgehead atoms. The van der Waals surface area contributed by atoms with Crippen LogP contribution >= 0.6 is 7.82 Å². The van der Waals surface area contributed by atoms with Crippen molar-refractivity contribution in [1.29, 1.82) is 0 Å². The van der Waals surface area contributed by atoms with Crippen LogP contribution in [0.15, 0.2) is 109 Å². The molecule has 1 heterocycles. The van der Waals surface area contributed by atoms with Gasteiger partial charge in [0.15, 0.2) is 6.10 Å². The van der Waals surface area contributed by atoms with Gasteiger partial charge in [0.25, 0.3) is 0 Å². The van der Waals surface area contributed by atoms with Gasteiger partial charge in [0.2, 0.25) is 0 Å². The molecule has 2 N–H and O–H groups in total. The molecule has 0 amide bonds. The molecule has 1 fully saturated rings. The van der Waals surface area contributed by atoms with Crippen molar-refractivity contribution in [3.8, 4) is 0 Å². The maximum Gasteiger partial charge on any atom is 0.469 e. The number of rotatable bonds is 34. The lowest BCUT2D eigenvalue weighted by Gasteiger charge is -2.18. The first-order chi connectivity index (χ1) is 26.7. The monoisotopic (exact) mass is 784 g/mol. The van der Waals surface area contributed by atoms with Crippen LogP contribution < -0.4 is 0 Å². The lowest BCUT2D eigenvalue weighted by atomic mass is 10.1. The van der Waals surface area contributed by atoms with Gasteiger partial charge >= 0.3 is 19.8 Å². The van der Waals surface area contributed by atoms with Crippen LogP contribution in [0, 0.1) is 0 Å². The number of hydrogen-bond acceptors (Lipinski definition) is 7. The summed E-state index contributed by atoms with van der Waals surface area (Å²) in [7, 11) is -4.80. The Hall–Kier alpha value is -3.33. The number of hydrogen-bond donors (Lipinski definition) is 2. The third-order valence-corrected chi connectivity index (χ3v) is 8.68. The molecule has 308 valence electrons. The highest BCUT2D eigenvalue weighted by Crippen LogP contribution is 2.36. The number of phosphoric ester groups is 1. The molecule has 1 aliphatic heterocycles. The van der Waals surface area contributed by atoms with Crippen molar-refractivity contribution in [2.75, 3.05) is 13.2 Å². The highest BCUT2D eigenvalue weighted by atomic mass is 31.2. The summed E-state index contributed by atoms with van der Waals surface area (Å²) < 4.78 is 32.0. The summed E-state index contributed by atoms with van der Waals surface area (Å²) in [5.74, 6) is -1.07. The van der Waals surface area contributed by atoms with E-state index < -0.39 is 32.5 Å². The summed E-state index contributed by atoms with van der Waals surface area (Å²) >= 11 is 0. The van der Waals surface area contributed by atoms with Gasteiger partial charge in [-0.1, -0.05) is 136 Å². The Balaban J connectivity index is 2.19. The van der Waals surface area contributed by atoms with Gasteiger partial charge in [0.05, 0.1) is 18.8 Å². The molecular weight excluding hydrogens is 715 g/mol. The molecule has 0 aliphatic carbocycles. The minimum Gasteiger partial charge on any atom is -0.462 e. The van der Waals surface area contributed by atoms with Crippen molar-refractivity contribution in [2.24, 2.45) is 0 Å². The van der Waals surface area contributed by atoms with E-state index in [2.05, 4.69) is 103 Å². The summed E-state index contributed by atoms with van der Waals surface area (Å²) in [5, 5.41) is 0. The normalized spacial score (nSPS) is 17.3. The number of allylic oxidation sites excluding steroid dienone is 16. The van der Waals surface area contributed by atoms with E-state index in [0.29, 0.717) is 31.5 Å². The second kappa shape index (κ2) is 35.1. The van der Waals surface area contributed by atoms with Crippen molar-refractivity contribution >= 4 is 19.8 Å². The van der Waals surface area contributed by atoms with Gasteiger partial charge in [0.1, 0.15) is 6.61 Å². The zero-order valence-electron chi connectivity index (χ0n) is 33.5. The van der Waals surface area contributed by atoms with E-state index in [1.807, 2.05) is 24.3 Å². The highest BCUT2D eigenvalue weighted by Gasteiger charge is 2.36. The quantitative estimate of drug-likeness (QED) is 0.0215. The average Bonchev–Trinajstić information content (AvgIpc) is 3.91. The predicted octanol–water partition coefficient (Wildman–Crippen LogP) is 11.4. The second-order valence-electron chi connectivity index (χ2n) is 13.3. The molecule has 9 nitrogen and oxygen atoms in total. The van der Waals surface area contributed by atoms with E-state index in [-0.39, 0.29) is 19.4 Å². The number of esters is 2.